The molecule has 2 aromatic heterocycles. The maximum absolute atomic E-state index is 11.0. The standard InChI is InChI=1S/C7H6N2O3S/c8-13(10,11)7-4-12-6-3-9-2-1-5(6)7/h1-4H,(H2,8,10,11). The molecule has 0 aliphatic carbocycles. The minimum absolute atomic E-state index is 0.00935. The molecule has 0 radical (unpaired) electrons. The molecular weight excluding hydrogens is 192 g/mol. The van der Waals surface area contributed by atoms with E-state index < -0.39 is 10.0 Å². The van der Waals surface area contributed by atoms with Crippen molar-refractivity contribution in [3.63, 3.8) is 0 Å². The second-order valence-electron chi connectivity index (χ2n) is 2.52. The quantitative estimate of drug-likeness (QED) is 0.721. The van der Waals surface area contributed by atoms with E-state index in [2.05, 4.69) is 4.98 Å². The third kappa shape index (κ3) is 1.30. The average Bonchev–Trinajstić information content (AvgIpc) is 2.45. The van der Waals surface area contributed by atoms with Gasteiger partial charge in [-0.05, 0) is 6.07 Å². The number of aromatic nitrogens is 1. The van der Waals surface area contributed by atoms with Crippen molar-refractivity contribution in [3.05, 3.63) is 24.7 Å². The lowest BCUT2D eigenvalue weighted by Crippen LogP contribution is -2.11. The number of hydrogen-bond acceptors (Lipinski definition) is 4. The van der Waals surface area contributed by atoms with E-state index in [4.69, 9.17) is 9.56 Å². The normalized spacial score (nSPS) is 12.1. The second kappa shape index (κ2) is 2.54. The summed E-state index contributed by atoms with van der Waals surface area (Å²) in [5.74, 6) is 0. The van der Waals surface area contributed by atoms with Gasteiger partial charge < -0.3 is 4.42 Å². The van der Waals surface area contributed by atoms with Crippen LogP contribution < -0.4 is 5.14 Å². The summed E-state index contributed by atoms with van der Waals surface area (Å²) in [6, 6.07) is 1.54. The van der Waals surface area contributed by atoms with Crippen LogP contribution in [-0.2, 0) is 10.0 Å². The number of nitrogens with zero attached hydrogens (tertiary/aromatic N) is 1. The van der Waals surface area contributed by atoms with Gasteiger partial charge in [-0.3, -0.25) is 4.98 Å². The van der Waals surface area contributed by atoms with Gasteiger partial charge in [0.2, 0.25) is 10.0 Å². The minimum Gasteiger partial charge on any atom is -0.461 e. The Morgan fingerprint density at radius 1 is 1.46 bits per heavy atom. The largest absolute Gasteiger partial charge is 0.461 e. The number of primary sulfonamides is 1. The molecular formula is C7H6N2O3S. The fraction of sp³-hybridized carbons (Fsp3) is 0. The summed E-state index contributed by atoms with van der Waals surface area (Å²) in [7, 11) is -3.71. The van der Waals surface area contributed by atoms with E-state index in [1.54, 1.807) is 6.07 Å². The number of nitrogens with two attached hydrogens (primary N) is 1. The first kappa shape index (κ1) is 8.21. The van der Waals surface area contributed by atoms with Crippen LogP contribution in [0.1, 0.15) is 0 Å². The van der Waals surface area contributed by atoms with Crippen LogP contribution in [-0.4, -0.2) is 13.4 Å². The van der Waals surface area contributed by atoms with Crippen LogP contribution in [0.3, 0.4) is 0 Å². The number of hydrogen-bond donors (Lipinski definition) is 1. The van der Waals surface area contributed by atoms with Crippen LogP contribution in [0.25, 0.3) is 11.0 Å². The van der Waals surface area contributed by atoms with Crippen molar-refractivity contribution >= 4 is 21.0 Å². The van der Waals surface area contributed by atoms with E-state index in [1.807, 2.05) is 0 Å². The van der Waals surface area contributed by atoms with Gasteiger partial charge in [0.05, 0.1) is 6.20 Å². The second-order valence-corrected chi connectivity index (χ2v) is 4.05. The molecule has 0 aliphatic heterocycles. The van der Waals surface area contributed by atoms with Crippen molar-refractivity contribution in [2.75, 3.05) is 0 Å². The van der Waals surface area contributed by atoms with Gasteiger partial charge in [0.1, 0.15) is 11.2 Å². The van der Waals surface area contributed by atoms with Crippen molar-refractivity contribution in [1.82, 2.24) is 4.98 Å². The van der Waals surface area contributed by atoms with E-state index in [0.29, 0.717) is 11.0 Å². The summed E-state index contributed by atoms with van der Waals surface area (Å²) in [4.78, 5) is 3.77. The molecule has 2 aromatic rings. The maximum Gasteiger partial charge on any atom is 0.241 e. The van der Waals surface area contributed by atoms with Crippen LogP contribution in [0.15, 0.2) is 34.0 Å². The minimum atomic E-state index is -3.71. The van der Waals surface area contributed by atoms with Crippen LogP contribution in [0.4, 0.5) is 0 Å². The van der Waals surface area contributed by atoms with Crippen molar-refractivity contribution in [3.8, 4) is 0 Å². The summed E-state index contributed by atoms with van der Waals surface area (Å²) >= 11 is 0. The fourth-order valence-electron chi connectivity index (χ4n) is 1.08. The third-order valence-electron chi connectivity index (χ3n) is 1.65. The van der Waals surface area contributed by atoms with Crippen molar-refractivity contribution in [2.45, 2.75) is 4.90 Å². The highest BCUT2D eigenvalue weighted by atomic mass is 32.2. The van der Waals surface area contributed by atoms with Gasteiger partial charge in [-0.1, -0.05) is 0 Å². The van der Waals surface area contributed by atoms with Gasteiger partial charge >= 0.3 is 0 Å². The molecule has 0 fully saturated rings. The molecule has 0 aliphatic rings. The maximum atomic E-state index is 11.0. The van der Waals surface area contributed by atoms with E-state index in [9.17, 15) is 8.42 Å². The zero-order chi connectivity index (χ0) is 9.47. The predicted octanol–water partition coefficient (Wildman–Crippen LogP) is 0.475. The summed E-state index contributed by atoms with van der Waals surface area (Å²) in [5, 5.41) is 5.42. The Kier molecular flexibility index (Phi) is 1.61. The van der Waals surface area contributed by atoms with Gasteiger partial charge in [-0.25, -0.2) is 13.6 Å². The highest BCUT2D eigenvalue weighted by molar-refractivity contribution is 7.89. The van der Waals surface area contributed by atoms with Crippen LogP contribution in [0.2, 0.25) is 0 Å². The van der Waals surface area contributed by atoms with Crippen LogP contribution in [0.5, 0.6) is 0 Å². The molecule has 0 aromatic carbocycles. The molecule has 0 saturated heterocycles. The first-order valence-electron chi connectivity index (χ1n) is 3.43. The number of pyridine rings is 1. The number of sulfonamides is 1. The molecule has 0 saturated carbocycles. The van der Waals surface area contributed by atoms with Crippen molar-refractivity contribution in [1.29, 1.82) is 0 Å². The number of rotatable bonds is 1. The molecule has 0 atom stereocenters. The van der Waals surface area contributed by atoms with Crippen LogP contribution >= 0.6 is 0 Å². The van der Waals surface area contributed by atoms with E-state index >= 15 is 0 Å². The molecule has 5 nitrogen and oxygen atoms in total. The van der Waals surface area contributed by atoms with Crippen LogP contribution in [0, 0.1) is 0 Å². The third-order valence-corrected chi connectivity index (χ3v) is 2.58. The number of fused-ring (bicyclic) bond motifs is 1. The summed E-state index contributed by atoms with van der Waals surface area (Å²) in [6.45, 7) is 0. The van der Waals surface area contributed by atoms with Gasteiger partial charge in [0, 0.05) is 11.6 Å². The molecule has 2 heterocycles. The first-order chi connectivity index (χ1) is 6.09. The molecule has 2 N–H and O–H groups in total. The highest BCUT2D eigenvalue weighted by Crippen LogP contribution is 2.22. The monoisotopic (exact) mass is 198 g/mol. The Bertz CT molecular complexity index is 544. The Morgan fingerprint density at radius 2 is 2.23 bits per heavy atom. The molecule has 0 bridgehead atoms. The summed E-state index contributed by atoms with van der Waals surface area (Å²) in [5.41, 5.74) is 0.409. The van der Waals surface area contributed by atoms with E-state index in [-0.39, 0.29) is 4.90 Å². The lowest BCUT2D eigenvalue weighted by Gasteiger charge is -1.91. The highest BCUT2D eigenvalue weighted by Gasteiger charge is 2.15. The summed E-state index contributed by atoms with van der Waals surface area (Å²) in [6.07, 6.45) is 4.03. The fourth-order valence-corrected chi connectivity index (χ4v) is 1.74. The summed E-state index contributed by atoms with van der Waals surface area (Å²) < 4.78 is 27.0. The Balaban J connectivity index is 2.87. The van der Waals surface area contributed by atoms with Gasteiger partial charge in [-0.2, -0.15) is 0 Å². The van der Waals surface area contributed by atoms with Gasteiger partial charge in [0.25, 0.3) is 0 Å². The molecule has 6 heteroatoms. The zero-order valence-corrected chi connectivity index (χ0v) is 7.28. The average molecular weight is 198 g/mol. The lowest BCUT2D eigenvalue weighted by molar-refractivity contribution is 0.584. The predicted molar refractivity (Wildman–Crippen MR) is 45.4 cm³/mol. The molecule has 13 heavy (non-hydrogen) atoms. The van der Waals surface area contributed by atoms with Crippen molar-refractivity contribution < 1.29 is 12.8 Å². The van der Waals surface area contributed by atoms with E-state index in [1.165, 1.54) is 12.4 Å². The first-order valence-corrected chi connectivity index (χ1v) is 4.98. The molecule has 0 amide bonds. The van der Waals surface area contributed by atoms with Crippen molar-refractivity contribution in [2.24, 2.45) is 5.14 Å². The Labute approximate surface area is 74.2 Å². The Hall–Kier alpha value is -1.40. The zero-order valence-electron chi connectivity index (χ0n) is 6.47. The van der Waals surface area contributed by atoms with Gasteiger partial charge in [0.15, 0.2) is 5.58 Å². The lowest BCUT2D eigenvalue weighted by atomic mass is 10.3. The Morgan fingerprint density at radius 3 is 2.92 bits per heavy atom. The topological polar surface area (TPSA) is 86.2 Å². The number of furan rings is 1. The molecule has 0 unspecified atom stereocenters. The van der Waals surface area contributed by atoms with Gasteiger partial charge in [-0.15, -0.1) is 0 Å². The smallest absolute Gasteiger partial charge is 0.241 e. The molecule has 0 spiro atoms. The SMILES string of the molecule is NS(=O)(=O)c1coc2cnccc12. The molecule has 2 rings (SSSR count). The van der Waals surface area contributed by atoms with E-state index in [0.717, 1.165) is 6.26 Å². The molecule has 68 valence electrons.